The highest BCUT2D eigenvalue weighted by molar-refractivity contribution is 4.93. The summed E-state index contributed by atoms with van der Waals surface area (Å²) in [5, 5.41) is 18.4. The molecule has 142 valence electrons. The van der Waals surface area contributed by atoms with Gasteiger partial charge in [0, 0.05) is 6.42 Å². The van der Waals surface area contributed by atoms with E-state index in [2.05, 4.69) is 19.6 Å². The SMILES string of the molecule is C=CCCCCCC/C(=C\CCCCCCCC)OC[C@@H](O)CO. The van der Waals surface area contributed by atoms with Crippen molar-refractivity contribution in [3.63, 3.8) is 0 Å². The van der Waals surface area contributed by atoms with Crippen molar-refractivity contribution in [3.05, 3.63) is 24.5 Å². The lowest BCUT2D eigenvalue weighted by Crippen LogP contribution is -2.19. The Hall–Kier alpha value is -0.800. The fraction of sp³-hybridized carbons (Fsp3) is 0.810. The van der Waals surface area contributed by atoms with Crippen molar-refractivity contribution in [3.8, 4) is 0 Å². The number of hydrogen-bond donors (Lipinski definition) is 2. The second-order valence-corrected chi connectivity index (χ2v) is 6.62. The normalized spacial score (nSPS) is 13.0. The minimum Gasteiger partial charge on any atom is -0.495 e. The van der Waals surface area contributed by atoms with E-state index in [1.54, 1.807) is 0 Å². The average Bonchev–Trinajstić information content (AvgIpc) is 2.60. The summed E-state index contributed by atoms with van der Waals surface area (Å²) < 4.78 is 5.70. The fourth-order valence-electron chi connectivity index (χ4n) is 2.62. The second kappa shape index (κ2) is 18.5. The van der Waals surface area contributed by atoms with Crippen LogP contribution < -0.4 is 0 Å². The van der Waals surface area contributed by atoms with Crippen LogP contribution in [0.15, 0.2) is 24.5 Å². The number of rotatable bonds is 18. The zero-order valence-corrected chi connectivity index (χ0v) is 15.8. The monoisotopic (exact) mass is 340 g/mol. The lowest BCUT2D eigenvalue weighted by Gasteiger charge is -2.13. The number of aliphatic hydroxyl groups is 2. The fourth-order valence-corrected chi connectivity index (χ4v) is 2.62. The first-order valence-electron chi connectivity index (χ1n) is 9.96. The first-order valence-corrected chi connectivity index (χ1v) is 9.96. The van der Waals surface area contributed by atoms with E-state index in [0.29, 0.717) is 0 Å². The van der Waals surface area contributed by atoms with Crippen LogP contribution in [0.3, 0.4) is 0 Å². The Kier molecular flexibility index (Phi) is 17.9. The van der Waals surface area contributed by atoms with Crippen LogP contribution in [0.25, 0.3) is 0 Å². The molecule has 0 bridgehead atoms. The summed E-state index contributed by atoms with van der Waals surface area (Å²) >= 11 is 0. The number of hydrogen-bond acceptors (Lipinski definition) is 3. The predicted molar refractivity (Wildman–Crippen MR) is 103 cm³/mol. The summed E-state index contributed by atoms with van der Waals surface area (Å²) in [4.78, 5) is 0. The third kappa shape index (κ3) is 16.1. The molecule has 2 N–H and O–H groups in total. The molecule has 0 radical (unpaired) electrons. The quantitative estimate of drug-likeness (QED) is 0.196. The van der Waals surface area contributed by atoms with Gasteiger partial charge in [0.2, 0.25) is 0 Å². The Balaban J connectivity index is 3.97. The number of ether oxygens (including phenoxy) is 1. The Labute approximate surface area is 149 Å². The summed E-state index contributed by atoms with van der Waals surface area (Å²) in [7, 11) is 0. The Morgan fingerprint density at radius 2 is 1.58 bits per heavy atom. The summed E-state index contributed by atoms with van der Waals surface area (Å²) in [5.74, 6) is 0.986. The van der Waals surface area contributed by atoms with Gasteiger partial charge in [-0.15, -0.1) is 6.58 Å². The van der Waals surface area contributed by atoms with E-state index in [4.69, 9.17) is 9.84 Å². The third-order valence-electron chi connectivity index (χ3n) is 4.18. The molecule has 0 aliphatic heterocycles. The van der Waals surface area contributed by atoms with Gasteiger partial charge in [-0.2, -0.15) is 0 Å². The van der Waals surface area contributed by atoms with Gasteiger partial charge in [-0.1, -0.05) is 57.9 Å². The second-order valence-electron chi connectivity index (χ2n) is 6.62. The molecule has 3 heteroatoms. The molecular weight excluding hydrogens is 300 g/mol. The Bertz CT molecular complexity index is 299. The molecule has 0 saturated carbocycles. The summed E-state index contributed by atoms with van der Waals surface area (Å²) in [5.41, 5.74) is 0. The number of unbranched alkanes of at least 4 members (excludes halogenated alkanes) is 10. The van der Waals surface area contributed by atoms with E-state index < -0.39 is 6.10 Å². The number of aliphatic hydroxyl groups excluding tert-OH is 2. The van der Waals surface area contributed by atoms with Crippen LogP contribution in [0.2, 0.25) is 0 Å². The molecule has 0 heterocycles. The first-order chi connectivity index (χ1) is 11.7. The van der Waals surface area contributed by atoms with Crippen molar-refractivity contribution < 1.29 is 14.9 Å². The van der Waals surface area contributed by atoms with Crippen LogP contribution in [-0.4, -0.2) is 29.5 Å². The zero-order chi connectivity index (χ0) is 17.9. The van der Waals surface area contributed by atoms with Crippen molar-refractivity contribution in [2.75, 3.05) is 13.2 Å². The average molecular weight is 341 g/mol. The molecule has 0 aliphatic carbocycles. The highest BCUT2D eigenvalue weighted by Gasteiger charge is 2.05. The van der Waals surface area contributed by atoms with Crippen molar-refractivity contribution in [2.24, 2.45) is 0 Å². The van der Waals surface area contributed by atoms with Crippen molar-refractivity contribution >= 4 is 0 Å². The van der Waals surface area contributed by atoms with Crippen LogP contribution in [0, 0.1) is 0 Å². The minimum absolute atomic E-state index is 0.190. The van der Waals surface area contributed by atoms with E-state index >= 15 is 0 Å². The standard InChI is InChI=1S/C21H40O3/c1-3-5-7-9-11-13-15-17-21(24-19-20(23)18-22)16-14-12-10-8-6-4-2/h4,17,20,22-23H,2-3,5-16,18-19H2,1H3/b21-17+/t20-/m0/s1. The van der Waals surface area contributed by atoms with Gasteiger partial charge in [0.1, 0.15) is 12.7 Å². The van der Waals surface area contributed by atoms with E-state index in [0.717, 1.165) is 31.4 Å². The maximum Gasteiger partial charge on any atom is 0.116 e. The molecule has 0 fully saturated rings. The highest BCUT2D eigenvalue weighted by Crippen LogP contribution is 2.15. The lowest BCUT2D eigenvalue weighted by atomic mass is 10.1. The molecule has 0 aromatic rings. The summed E-state index contributed by atoms with van der Waals surface area (Å²) in [6, 6.07) is 0. The molecule has 3 nitrogen and oxygen atoms in total. The first kappa shape index (κ1) is 23.2. The van der Waals surface area contributed by atoms with Gasteiger partial charge < -0.3 is 14.9 Å². The summed E-state index contributed by atoms with van der Waals surface area (Å²) in [6.07, 6.45) is 19.0. The topological polar surface area (TPSA) is 49.7 Å². The minimum atomic E-state index is -0.782. The molecule has 0 aromatic heterocycles. The van der Waals surface area contributed by atoms with E-state index in [-0.39, 0.29) is 13.2 Å². The largest absolute Gasteiger partial charge is 0.495 e. The molecule has 0 unspecified atom stereocenters. The van der Waals surface area contributed by atoms with Crippen molar-refractivity contribution in [2.45, 2.75) is 96.5 Å². The molecule has 1 atom stereocenters. The van der Waals surface area contributed by atoms with Crippen LogP contribution in [0.5, 0.6) is 0 Å². The molecule has 0 aliphatic rings. The predicted octanol–water partition coefficient (Wildman–Crippen LogP) is 5.52. The van der Waals surface area contributed by atoms with Crippen LogP contribution in [-0.2, 0) is 4.74 Å². The van der Waals surface area contributed by atoms with Crippen LogP contribution in [0.4, 0.5) is 0 Å². The molecule has 0 amide bonds. The van der Waals surface area contributed by atoms with Crippen LogP contribution in [0.1, 0.15) is 90.4 Å². The Morgan fingerprint density at radius 3 is 2.25 bits per heavy atom. The summed E-state index contributed by atoms with van der Waals surface area (Å²) in [6.45, 7) is 5.93. The van der Waals surface area contributed by atoms with Gasteiger partial charge in [-0.05, 0) is 38.2 Å². The molecule has 0 rings (SSSR count). The lowest BCUT2D eigenvalue weighted by molar-refractivity contribution is 0.0278. The van der Waals surface area contributed by atoms with E-state index in [9.17, 15) is 5.11 Å². The van der Waals surface area contributed by atoms with Gasteiger partial charge in [-0.25, -0.2) is 0 Å². The van der Waals surface area contributed by atoms with Gasteiger partial charge in [0.05, 0.1) is 12.4 Å². The van der Waals surface area contributed by atoms with Gasteiger partial charge >= 0.3 is 0 Å². The van der Waals surface area contributed by atoms with Gasteiger partial charge in [0.25, 0.3) is 0 Å². The molecule has 24 heavy (non-hydrogen) atoms. The van der Waals surface area contributed by atoms with E-state index in [1.807, 2.05) is 6.08 Å². The molecule has 0 aromatic carbocycles. The van der Waals surface area contributed by atoms with Crippen LogP contribution >= 0.6 is 0 Å². The molecular formula is C21H40O3. The van der Waals surface area contributed by atoms with Crippen molar-refractivity contribution in [1.29, 1.82) is 0 Å². The van der Waals surface area contributed by atoms with Crippen molar-refractivity contribution in [1.82, 2.24) is 0 Å². The highest BCUT2D eigenvalue weighted by atomic mass is 16.5. The Morgan fingerprint density at radius 1 is 0.958 bits per heavy atom. The van der Waals surface area contributed by atoms with Gasteiger partial charge in [0.15, 0.2) is 0 Å². The molecule has 0 saturated heterocycles. The van der Waals surface area contributed by atoms with Gasteiger partial charge in [-0.3, -0.25) is 0 Å². The maximum absolute atomic E-state index is 9.46. The molecule has 0 spiro atoms. The maximum atomic E-state index is 9.46. The smallest absolute Gasteiger partial charge is 0.116 e. The number of allylic oxidation sites excluding steroid dienone is 3. The zero-order valence-electron chi connectivity index (χ0n) is 15.8. The third-order valence-corrected chi connectivity index (χ3v) is 4.18. The van der Waals surface area contributed by atoms with E-state index in [1.165, 1.54) is 57.8 Å².